The zero-order valence-corrected chi connectivity index (χ0v) is 13.8. The van der Waals surface area contributed by atoms with Crippen molar-refractivity contribution in [1.82, 2.24) is 10.2 Å². The van der Waals surface area contributed by atoms with Crippen molar-refractivity contribution in [1.29, 1.82) is 0 Å². The standard InChI is InChI=1S/C17H36N2/c1-5-6-7-13-19(15(2)3)14-12-18-17-10-8-16(4)9-11-17/h15-18H,5-14H2,1-4H3. The van der Waals surface area contributed by atoms with Crippen molar-refractivity contribution in [3.63, 3.8) is 0 Å². The van der Waals surface area contributed by atoms with Crippen molar-refractivity contribution in [3.8, 4) is 0 Å². The highest BCUT2D eigenvalue weighted by molar-refractivity contribution is 4.76. The molecule has 0 saturated heterocycles. The maximum Gasteiger partial charge on any atom is 0.0110 e. The quantitative estimate of drug-likeness (QED) is 0.635. The normalized spacial score (nSPS) is 24.3. The van der Waals surface area contributed by atoms with Crippen LogP contribution in [0.15, 0.2) is 0 Å². The maximum absolute atomic E-state index is 3.78. The van der Waals surface area contributed by atoms with Crippen LogP contribution < -0.4 is 5.32 Å². The van der Waals surface area contributed by atoms with Crippen LogP contribution in [0, 0.1) is 5.92 Å². The molecule has 114 valence electrons. The van der Waals surface area contributed by atoms with Gasteiger partial charge in [-0.05, 0) is 58.4 Å². The topological polar surface area (TPSA) is 15.3 Å². The fourth-order valence-corrected chi connectivity index (χ4v) is 3.07. The summed E-state index contributed by atoms with van der Waals surface area (Å²) in [6.07, 6.45) is 9.67. The van der Waals surface area contributed by atoms with E-state index in [1.807, 2.05) is 0 Å². The van der Waals surface area contributed by atoms with Crippen molar-refractivity contribution >= 4 is 0 Å². The summed E-state index contributed by atoms with van der Waals surface area (Å²) in [5.74, 6) is 0.958. The van der Waals surface area contributed by atoms with Crippen LogP contribution in [0.5, 0.6) is 0 Å². The minimum absolute atomic E-state index is 0.685. The van der Waals surface area contributed by atoms with Gasteiger partial charge in [-0.25, -0.2) is 0 Å². The number of rotatable bonds is 9. The van der Waals surface area contributed by atoms with E-state index < -0.39 is 0 Å². The molecule has 19 heavy (non-hydrogen) atoms. The first-order valence-electron chi connectivity index (χ1n) is 8.61. The predicted molar refractivity (Wildman–Crippen MR) is 85.7 cm³/mol. The summed E-state index contributed by atoms with van der Waals surface area (Å²) in [4.78, 5) is 2.63. The van der Waals surface area contributed by atoms with Gasteiger partial charge >= 0.3 is 0 Å². The van der Waals surface area contributed by atoms with Crippen LogP contribution in [-0.4, -0.2) is 36.6 Å². The Hall–Kier alpha value is -0.0800. The first kappa shape index (κ1) is 17.0. The highest BCUT2D eigenvalue weighted by Gasteiger charge is 2.17. The molecule has 0 radical (unpaired) electrons. The molecule has 2 nitrogen and oxygen atoms in total. The van der Waals surface area contributed by atoms with E-state index in [2.05, 4.69) is 37.9 Å². The van der Waals surface area contributed by atoms with Gasteiger partial charge in [-0.2, -0.15) is 0 Å². The van der Waals surface area contributed by atoms with E-state index in [9.17, 15) is 0 Å². The van der Waals surface area contributed by atoms with E-state index >= 15 is 0 Å². The molecule has 1 fully saturated rings. The van der Waals surface area contributed by atoms with Crippen LogP contribution in [0.2, 0.25) is 0 Å². The summed E-state index contributed by atoms with van der Waals surface area (Å²) < 4.78 is 0. The SMILES string of the molecule is CCCCCN(CCNC1CCC(C)CC1)C(C)C. The number of hydrogen-bond acceptors (Lipinski definition) is 2. The van der Waals surface area contributed by atoms with E-state index in [0.29, 0.717) is 6.04 Å². The average Bonchev–Trinajstić information content (AvgIpc) is 2.39. The van der Waals surface area contributed by atoms with Crippen LogP contribution in [0.4, 0.5) is 0 Å². The predicted octanol–water partition coefficient (Wildman–Crippen LogP) is 4.06. The molecule has 1 aliphatic rings. The molecular weight excluding hydrogens is 232 g/mol. The second-order valence-electron chi connectivity index (χ2n) is 6.75. The summed E-state index contributed by atoms with van der Waals surface area (Å²) in [5, 5.41) is 3.78. The molecule has 0 aliphatic heterocycles. The zero-order valence-electron chi connectivity index (χ0n) is 13.8. The van der Waals surface area contributed by atoms with E-state index in [-0.39, 0.29) is 0 Å². The fourth-order valence-electron chi connectivity index (χ4n) is 3.07. The van der Waals surface area contributed by atoms with Gasteiger partial charge in [0.25, 0.3) is 0 Å². The Bertz CT molecular complexity index is 207. The monoisotopic (exact) mass is 268 g/mol. The van der Waals surface area contributed by atoms with Crippen molar-refractivity contribution in [2.45, 2.75) is 84.7 Å². The van der Waals surface area contributed by atoms with Crippen LogP contribution >= 0.6 is 0 Å². The fraction of sp³-hybridized carbons (Fsp3) is 1.00. The van der Waals surface area contributed by atoms with Crippen molar-refractivity contribution in [2.75, 3.05) is 19.6 Å². The van der Waals surface area contributed by atoms with E-state index in [0.717, 1.165) is 12.0 Å². The molecule has 0 atom stereocenters. The molecule has 1 saturated carbocycles. The summed E-state index contributed by atoms with van der Waals surface area (Å²) >= 11 is 0. The van der Waals surface area contributed by atoms with Crippen LogP contribution in [0.25, 0.3) is 0 Å². The molecule has 0 spiro atoms. The Balaban J connectivity index is 2.13. The Kier molecular flexibility index (Phi) is 8.72. The molecule has 0 bridgehead atoms. The molecule has 0 unspecified atom stereocenters. The Morgan fingerprint density at radius 2 is 1.74 bits per heavy atom. The maximum atomic E-state index is 3.78. The molecule has 1 rings (SSSR count). The van der Waals surface area contributed by atoms with Crippen LogP contribution in [-0.2, 0) is 0 Å². The van der Waals surface area contributed by atoms with Gasteiger partial charge in [0.2, 0.25) is 0 Å². The zero-order chi connectivity index (χ0) is 14.1. The molecule has 1 aliphatic carbocycles. The lowest BCUT2D eigenvalue weighted by Crippen LogP contribution is -2.41. The highest BCUT2D eigenvalue weighted by atomic mass is 15.2. The number of unbranched alkanes of at least 4 members (excludes halogenated alkanes) is 2. The van der Waals surface area contributed by atoms with Crippen molar-refractivity contribution in [3.05, 3.63) is 0 Å². The summed E-state index contributed by atoms with van der Waals surface area (Å²) in [5.41, 5.74) is 0. The van der Waals surface area contributed by atoms with Gasteiger partial charge in [-0.3, -0.25) is 4.90 Å². The van der Waals surface area contributed by atoms with Gasteiger partial charge in [-0.15, -0.1) is 0 Å². The van der Waals surface area contributed by atoms with E-state index in [4.69, 9.17) is 0 Å². The van der Waals surface area contributed by atoms with Crippen molar-refractivity contribution < 1.29 is 0 Å². The van der Waals surface area contributed by atoms with Gasteiger partial charge in [-0.1, -0.05) is 26.7 Å². The van der Waals surface area contributed by atoms with Crippen LogP contribution in [0.1, 0.15) is 72.6 Å². The summed E-state index contributed by atoms with van der Waals surface area (Å²) in [6, 6.07) is 1.48. The lowest BCUT2D eigenvalue weighted by molar-refractivity contribution is 0.209. The molecule has 0 aromatic heterocycles. The third-order valence-corrected chi connectivity index (χ3v) is 4.63. The molecular formula is C17H36N2. The molecule has 1 N–H and O–H groups in total. The van der Waals surface area contributed by atoms with Crippen molar-refractivity contribution in [2.24, 2.45) is 5.92 Å². The van der Waals surface area contributed by atoms with E-state index in [1.165, 1.54) is 64.6 Å². The minimum Gasteiger partial charge on any atom is -0.313 e. The highest BCUT2D eigenvalue weighted by Crippen LogP contribution is 2.23. The van der Waals surface area contributed by atoms with E-state index in [1.54, 1.807) is 0 Å². The second kappa shape index (κ2) is 9.77. The Morgan fingerprint density at radius 3 is 2.32 bits per heavy atom. The first-order chi connectivity index (χ1) is 9.13. The largest absolute Gasteiger partial charge is 0.313 e. The number of hydrogen-bond donors (Lipinski definition) is 1. The molecule has 0 aromatic carbocycles. The number of nitrogens with zero attached hydrogens (tertiary/aromatic N) is 1. The minimum atomic E-state index is 0.685. The van der Waals surface area contributed by atoms with Gasteiger partial charge in [0.05, 0.1) is 0 Å². The van der Waals surface area contributed by atoms with Gasteiger partial charge in [0, 0.05) is 25.2 Å². The van der Waals surface area contributed by atoms with Gasteiger partial charge in [0.1, 0.15) is 0 Å². The lowest BCUT2D eigenvalue weighted by atomic mass is 9.87. The number of nitrogens with one attached hydrogen (secondary N) is 1. The van der Waals surface area contributed by atoms with Gasteiger partial charge < -0.3 is 5.32 Å². The summed E-state index contributed by atoms with van der Waals surface area (Å²) in [6.45, 7) is 13.0. The third-order valence-electron chi connectivity index (χ3n) is 4.63. The molecule has 0 amide bonds. The van der Waals surface area contributed by atoms with Gasteiger partial charge in [0.15, 0.2) is 0 Å². The second-order valence-corrected chi connectivity index (χ2v) is 6.75. The Morgan fingerprint density at radius 1 is 1.05 bits per heavy atom. The molecule has 0 aromatic rings. The third kappa shape index (κ3) is 7.31. The smallest absolute Gasteiger partial charge is 0.0110 e. The molecule has 0 heterocycles. The Labute approximate surface area is 121 Å². The first-order valence-corrected chi connectivity index (χ1v) is 8.61. The molecule has 2 heteroatoms. The lowest BCUT2D eigenvalue weighted by Gasteiger charge is -2.30. The average molecular weight is 268 g/mol. The summed E-state index contributed by atoms with van der Waals surface area (Å²) in [7, 11) is 0. The van der Waals surface area contributed by atoms with Crippen LogP contribution in [0.3, 0.4) is 0 Å².